The zero-order valence-electron chi connectivity index (χ0n) is 13.8. The third-order valence-corrected chi connectivity index (χ3v) is 3.80. The molecule has 0 unspecified atom stereocenters. The van der Waals surface area contributed by atoms with Crippen molar-refractivity contribution < 1.29 is 14.3 Å². The van der Waals surface area contributed by atoms with Gasteiger partial charge in [-0.15, -0.1) is 0 Å². The predicted molar refractivity (Wildman–Crippen MR) is 95.8 cm³/mol. The summed E-state index contributed by atoms with van der Waals surface area (Å²) in [6.07, 6.45) is -0.280. The lowest BCUT2D eigenvalue weighted by molar-refractivity contribution is -0.123. The third-order valence-electron chi connectivity index (χ3n) is 3.50. The number of benzene rings is 2. The second kappa shape index (κ2) is 7.84. The van der Waals surface area contributed by atoms with E-state index in [0.29, 0.717) is 16.5 Å². The highest BCUT2D eigenvalue weighted by Gasteiger charge is 2.13. The van der Waals surface area contributed by atoms with Crippen LogP contribution in [-0.4, -0.2) is 18.9 Å². The standard InChI is InChI=1S/C18H19ClN2O3/c1-11-5-4-6-12(2)18(11)21-17(23)10-16(22)20-13-7-8-15(24-3)14(19)9-13/h4-9H,10H2,1-3H3,(H,20,22)(H,21,23). The summed E-state index contributed by atoms with van der Waals surface area (Å²) in [5, 5.41) is 5.80. The van der Waals surface area contributed by atoms with Gasteiger partial charge < -0.3 is 15.4 Å². The summed E-state index contributed by atoms with van der Waals surface area (Å²) in [5.41, 5.74) is 3.14. The van der Waals surface area contributed by atoms with E-state index < -0.39 is 5.91 Å². The van der Waals surface area contributed by atoms with Crippen LogP contribution in [0.2, 0.25) is 5.02 Å². The molecule has 2 aromatic rings. The minimum Gasteiger partial charge on any atom is -0.495 e. The fourth-order valence-electron chi connectivity index (χ4n) is 2.29. The first-order valence-corrected chi connectivity index (χ1v) is 7.78. The number of nitrogens with one attached hydrogen (secondary N) is 2. The molecule has 2 N–H and O–H groups in total. The summed E-state index contributed by atoms with van der Waals surface area (Å²) < 4.78 is 5.05. The minimum absolute atomic E-state index is 0.280. The van der Waals surface area contributed by atoms with Crippen LogP contribution >= 0.6 is 11.6 Å². The van der Waals surface area contributed by atoms with Crippen LogP contribution in [0, 0.1) is 13.8 Å². The van der Waals surface area contributed by atoms with Crippen molar-refractivity contribution in [2.75, 3.05) is 17.7 Å². The lowest BCUT2D eigenvalue weighted by atomic mass is 10.1. The van der Waals surface area contributed by atoms with Crippen LogP contribution in [0.25, 0.3) is 0 Å². The molecular formula is C18H19ClN2O3. The largest absolute Gasteiger partial charge is 0.495 e. The molecule has 0 saturated heterocycles. The summed E-state index contributed by atoms with van der Waals surface area (Å²) in [6, 6.07) is 10.6. The van der Waals surface area contributed by atoms with Gasteiger partial charge in [-0.25, -0.2) is 0 Å². The molecule has 0 aliphatic rings. The molecule has 0 saturated carbocycles. The van der Waals surface area contributed by atoms with Crippen molar-refractivity contribution in [1.29, 1.82) is 0 Å². The number of hydrogen-bond donors (Lipinski definition) is 2. The number of carbonyl (C=O) groups excluding carboxylic acids is 2. The second-order valence-corrected chi connectivity index (χ2v) is 5.80. The van der Waals surface area contributed by atoms with E-state index in [2.05, 4.69) is 10.6 Å². The Morgan fingerprint density at radius 2 is 1.67 bits per heavy atom. The number of halogens is 1. The van der Waals surface area contributed by atoms with Crippen LogP contribution in [0.15, 0.2) is 36.4 Å². The van der Waals surface area contributed by atoms with Crippen molar-refractivity contribution >= 4 is 34.8 Å². The van der Waals surface area contributed by atoms with Crippen LogP contribution in [0.1, 0.15) is 17.5 Å². The molecule has 0 fully saturated rings. The maximum atomic E-state index is 12.1. The molecule has 2 rings (SSSR count). The van der Waals surface area contributed by atoms with Crippen molar-refractivity contribution in [3.05, 3.63) is 52.5 Å². The Hall–Kier alpha value is -2.53. The third kappa shape index (κ3) is 4.49. The van der Waals surface area contributed by atoms with Crippen molar-refractivity contribution in [1.82, 2.24) is 0 Å². The van der Waals surface area contributed by atoms with E-state index in [0.717, 1.165) is 16.8 Å². The molecule has 2 aromatic carbocycles. The van der Waals surface area contributed by atoms with Gasteiger partial charge in [0, 0.05) is 11.4 Å². The number of para-hydroxylation sites is 1. The highest BCUT2D eigenvalue weighted by molar-refractivity contribution is 6.32. The van der Waals surface area contributed by atoms with Gasteiger partial charge in [0.05, 0.1) is 12.1 Å². The summed E-state index contributed by atoms with van der Waals surface area (Å²) in [7, 11) is 1.51. The quantitative estimate of drug-likeness (QED) is 0.806. The molecule has 0 atom stereocenters. The van der Waals surface area contributed by atoms with Gasteiger partial charge in [0.25, 0.3) is 0 Å². The summed E-state index contributed by atoms with van der Waals surface area (Å²) >= 11 is 6.01. The van der Waals surface area contributed by atoms with Crippen LogP contribution in [0.4, 0.5) is 11.4 Å². The Kier molecular flexibility index (Phi) is 5.82. The van der Waals surface area contributed by atoms with Crippen molar-refractivity contribution in [2.24, 2.45) is 0 Å². The number of amides is 2. The molecule has 0 aliphatic carbocycles. The minimum atomic E-state index is -0.417. The fraction of sp³-hybridized carbons (Fsp3) is 0.222. The topological polar surface area (TPSA) is 67.4 Å². The Labute approximate surface area is 146 Å². The number of aryl methyl sites for hydroxylation is 2. The first-order chi connectivity index (χ1) is 11.4. The maximum Gasteiger partial charge on any atom is 0.233 e. The first kappa shape index (κ1) is 17.8. The van der Waals surface area contributed by atoms with Gasteiger partial charge in [-0.1, -0.05) is 29.8 Å². The molecule has 0 aromatic heterocycles. The highest BCUT2D eigenvalue weighted by atomic mass is 35.5. The normalized spacial score (nSPS) is 10.2. The lowest BCUT2D eigenvalue weighted by Crippen LogP contribution is -2.22. The van der Waals surface area contributed by atoms with Crippen molar-refractivity contribution in [2.45, 2.75) is 20.3 Å². The average molecular weight is 347 g/mol. The molecule has 0 spiro atoms. The Morgan fingerprint density at radius 1 is 1.04 bits per heavy atom. The SMILES string of the molecule is COc1ccc(NC(=O)CC(=O)Nc2c(C)cccc2C)cc1Cl. The number of methoxy groups -OCH3 is 1. The Bertz CT molecular complexity index is 755. The molecule has 2 amide bonds. The van der Waals surface area contributed by atoms with Crippen LogP contribution in [0.3, 0.4) is 0 Å². The van der Waals surface area contributed by atoms with E-state index in [1.165, 1.54) is 7.11 Å². The maximum absolute atomic E-state index is 12.1. The molecule has 6 heteroatoms. The zero-order valence-corrected chi connectivity index (χ0v) is 14.5. The summed E-state index contributed by atoms with van der Waals surface area (Å²) in [6.45, 7) is 3.81. The number of anilines is 2. The summed E-state index contributed by atoms with van der Waals surface area (Å²) in [5.74, 6) is -0.271. The highest BCUT2D eigenvalue weighted by Crippen LogP contribution is 2.27. The lowest BCUT2D eigenvalue weighted by Gasteiger charge is -2.12. The van der Waals surface area contributed by atoms with Crippen LogP contribution < -0.4 is 15.4 Å². The average Bonchev–Trinajstić information content (AvgIpc) is 2.51. The van der Waals surface area contributed by atoms with Crippen molar-refractivity contribution in [3.63, 3.8) is 0 Å². The van der Waals surface area contributed by atoms with Gasteiger partial charge in [0.2, 0.25) is 11.8 Å². The fourth-order valence-corrected chi connectivity index (χ4v) is 2.55. The Balaban J connectivity index is 1.97. The zero-order chi connectivity index (χ0) is 17.7. The molecule has 0 bridgehead atoms. The van der Waals surface area contributed by atoms with E-state index in [1.807, 2.05) is 32.0 Å². The van der Waals surface area contributed by atoms with Gasteiger partial charge in [0.15, 0.2) is 0 Å². The number of ether oxygens (including phenoxy) is 1. The second-order valence-electron chi connectivity index (χ2n) is 5.39. The number of hydrogen-bond acceptors (Lipinski definition) is 3. The Morgan fingerprint density at radius 3 is 2.25 bits per heavy atom. The number of rotatable bonds is 5. The van der Waals surface area contributed by atoms with E-state index in [4.69, 9.17) is 16.3 Å². The molecule has 126 valence electrons. The molecule has 24 heavy (non-hydrogen) atoms. The van der Waals surface area contributed by atoms with Gasteiger partial charge in [-0.3, -0.25) is 9.59 Å². The number of carbonyl (C=O) groups is 2. The van der Waals surface area contributed by atoms with E-state index in [-0.39, 0.29) is 12.3 Å². The molecule has 0 heterocycles. The van der Waals surface area contributed by atoms with E-state index in [1.54, 1.807) is 18.2 Å². The summed E-state index contributed by atoms with van der Waals surface area (Å²) in [4.78, 5) is 24.1. The van der Waals surface area contributed by atoms with E-state index >= 15 is 0 Å². The van der Waals surface area contributed by atoms with Crippen molar-refractivity contribution in [3.8, 4) is 5.75 Å². The smallest absolute Gasteiger partial charge is 0.233 e. The molecule has 5 nitrogen and oxygen atoms in total. The molecule has 0 aliphatic heterocycles. The molecular weight excluding hydrogens is 328 g/mol. The van der Waals surface area contributed by atoms with E-state index in [9.17, 15) is 9.59 Å². The predicted octanol–water partition coefficient (Wildman–Crippen LogP) is 3.93. The van der Waals surface area contributed by atoms with Crippen LogP contribution in [0.5, 0.6) is 5.75 Å². The van der Waals surface area contributed by atoms with Crippen LogP contribution in [-0.2, 0) is 9.59 Å². The van der Waals surface area contributed by atoms with Gasteiger partial charge >= 0.3 is 0 Å². The van der Waals surface area contributed by atoms with Gasteiger partial charge in [0.1, 0.15) is 12.2 Å². The molecule has 0 radical (unpaired) electrons. The monoisotopic (exact) mass is 346 g/mol. The van der Waals surface area contributed by atoms with Gasteiger partial charge in [-0.05, 0) is 43.2 Å². The first-order valence-electron chi connectivity index (χ1n) is 7.40. The van der Waals surface area contributed by atoms with Gasteiger partial charge in [-0.2, -0.15) is 0 Å².